The van der Waals surface area contributed by atoms with Crippen molar-refractivity contribution in [3.05, 3.63) is 0 Å². The van der Waals surface area contributed by atoms with Gasteiger partial charge in [-0.05, 0) is 31.6 Å². The molecule has 0 unspecified atom stereocenters. The number of hydrogen-bond donors (Lipinski definition) is 1. The van der Waals surface area contributed by atoms with Gasteiger partial charge >= 0.3 is 5.97 Å². The molecule has 0 bridgehead atoms. The quantitative estimate of drug-likeness (QED) is 0.720. The maximum absolute atomic E-state index is 12.0. The Balaban J connectivity index is 2.55. The molecule has 112 valence electrons. The average molecular weight is 270 g/mol. The lowest BCUT2D eigenvalue weighted by atomic mass is 9.77. The number of aliphatic hydroxyl groups excluding tert-OH is 1. The summed E-state index contributed by atoms with van der Waals surface area (Å²) in [4.78, 5) is 12.0. The summed E-state index contributed by atoms with van der Waals surface area (Å²) in [5.74, 6) is 0.871. The SMILES string of the molecule is CCC[C@@H](O)[C@@H](CC1CCC(C)CC1)C(=O)OCC. The van der Waals surface area contributed by atoms with Crippen LogP contribution in [0, 0.1) is 17.8 Å². The minimum Gasteiger partial charge on any atom is -0.466 e. The summed E-state index contributed by atoms with van der Waals surface area (Å²) in [7, 11) is 0. The van der Waals surface area contributed by atoms with Gasteiger partial charge in [0, 0.05) is 0 Å². The third-order valence-corrected chi connectivity index (χ3v) is 4.36. The fourth-order valence-electron chi connectivity index (χ4n) is 3.08. The zero-order chi connectivity index (χ0) is 14.3. The summed E-state index contributed by atoms with van der Waals surface area (Å²) in [6, 6.07) is 0. The molecule has 0 aliphatic heterocycles. The van der Waals surface area contributed by atoms with E-state index in [4.69, 9.17) is 4.74 Å². The summed E-state index contributed by atoms with van der Waals surface area (Å²) >= 11 is 0. The zero-order valence-corrected chi connectivity index (χ0v) is 12.7. The van der Waals surface area contributed by atoms with Crippen LogP contribution in [0.4, 0.5) is 0 Å². The first kappa shape index (κ1) is 16.5. The Kier molecular flexibility index (Phi) is 7.44. The van der Waals surface area contributed by atoms with E-state index in [1.807, 2.05) is 13.8 Å². The van der Waals surface area contributed by atoms with Crippen molar-refractivity contribution < 1.29 is 14.6 Å². The minimum atomic E-state index is -0.539. The monoisotopic (exact) mass is 270 g/mol. The highest BCUT2D eigenvalue weighted by Gasteiger charge is 2.31. The minimum absolute atomic E-state index is 0.206. The first-order valence-electron chi connectivity index (χ1n) is 7.93. The lowest BCUT2D eigenvalue weighted by Gasteiger charge is -2.30. The van der Waals surface area contributed by atoms with E-state index in [1.54, 1.807) is 0 Å². The Bertz CT molecular complexity index is 257. The first-order valence-corrected chi connectivity index (χ1v) is 7.93. The number of hydrogen-bond acceptors (Lipinski definition) is 3. The van der Waals surface area contributed by atoms with Crippen molar-refractivity contribution in [1.29, 1.82) is 0 Å². The van der Waals surface area contributed by atoms with Gasteiger partial charge in [0.1, 0.15) is 0 Å². The second kappa shape index (κ2) is 8.57. The second-order valence-electron chi connectivity index (χ2n) is 6.08. The maximum Gasteiger partial charge on any atom is 0.311 e. The Labute approximate surface area is 117 Å². The highest BCUT2D eigenvalue weighted by atomic mass is 16.5. The molecule has 1 aliphatic carbocycles. The summed E-state index contributed by atoms with van der Waals surface area (Å²) in [6.07, 6.45) is 6.74. The standard InChI is InChI=1S/C16H30O3/c1-4-6-15(17)14(16(18)19-5-2)11-13-9-7-12(3)8-10-13/h12-15,17H,4-11H2,1-3H3/t12?,13?,14-,15-/m1/s1. The van der Waals surface area contributed by atoms with Crippen molar-refractivity contribution in [1.82, 2.24) is 0 Å². The Morgan fingerprint density at radius 3 is 2.42 bits per heavy atom. The van der Waals surface area contributed by atoms with Gasteiger partial charge in [0.2, 0.25) is 0 Å². The van der Waals surface area contributed by atoms with Gasteiger partial charge in [0.15, 0.2) is 0 Å². The van der Waals surface area contributed by atoms with E-state index >= 15 is 0 Å². The van der Waals surface area contributed by atoms with E-state index in [9.17, 15) is 9.90 Å². The van der Waals surface area contributed by atoms with Crippen LogP contribution in [-0.2, 0) is 9.53 Å². The molecule has 3 nitrogen and oxygen atoms in total. The van der Waals surface area contributed by atoms with Gasteiger partial charge < -0.3 is 9.84 Å². The molecule has 1 fully saturated rings. The number of carbonyl (C=O) groups excluding carboxylic acids is 1. The molecule has 0 radical (unpaired) electrons. The Morgan fingerprint density at radius 2 is 1.89 bits per heavy atom. The molecule has 0 aromatic heterocycles. The summed E-state index contributed by atoms with van der Waals surface area (Å²) in [6.45, 7) is 6.55. The molecule has 0 heterocycles. The van der Waals surface area contributed by atoms with Crippen molar-refractivity contribution in [2.45, 2.75) is 71.8 Å². The average Bonchev–Trinajstić information content (AvgIpc) is 2.38. The second-order valence-corrected chi connectivity index (χ2v) is 6.08. The van der Waals surface area contributed by atoms with E-state index in [1.165, 1.54) is 25.7 Å². The molecular weight excluding hydrogens is 240 g/mol. The van der Waals surface area contributed by atoms with Gasteiger partial charge in [-0.2, -0.15) is 0 Å². The van der Waals surface area contributed by atoms with Crippen LogP contribution in [0.25, 0.3) is 0 Å². The number of esters is 1. The normalized spacial score (nSPS) is 26.7. The highest BCUT2D eigenvalue weighted by Crippen LogP contribution is 2.34. The molecule has 1 saturated carbocycles. The lowest BCUT2D eigenvalue weighted by molar-refractivity contribution is -0.153. The van der Waals surface area contributed by atoms with Gasteiger partial charge in [0.25, 0.3) is 0 Å². The van der Waals surface area contributed by atoms with Crippen LogP contribution in [0.1, 0.15) is 65.7 Å². The largest absolute Gasteiger partial charge is 0.466 e. The molecule has 0 amide bonds. The number of ether oxygens (including phenoxy) is 1. The summed E-state index contributed by atoms with van der Waals surface area (Å²) < 4.78 is 5.14. The van der Waals surface area contributed by atoms with Crippen molar-refractivity contribution in [3.63, 3.8) is 0 Å². The Hall–Kier alpha value is -0.570. The molecule has 0 aromatic carbocycles. The predicted octanol–water partition coefficient (Wildman–Crippen LogP) is 3.54. The molecule has 1 N–H and O–H groups in total. The van der Waals surface area contributed by atoms with Crippen molar-refractivity contribution in [2.75, 3.05) is 6.61 Å². The molecule has 19 heavy (non-hydrogen) atoms. The molecule has 0 saturated heterocycles. The van der Waals surface area contributed by atoms with Crippen molar-refractivity contribution >= 4 is 5.97 Å². The van der Waals surface area contributed by atoms with Crippen LogP contribution >= 0.6 is 0 Å². The zero-order valence-electron chi connectivity index (χ0n) is 12.7. The Morgan fingerprint density at radius 1 is 1.26 bits per heavy atom. The van der Waals surface area contributed by atoms with Crippen LogP contribution in [0.15, 0.2) is 0 Å². The van der Waals surface area contributed by atoms with Gasteiger partial charge in [0.05, 0.1) is 18.6 Å². The molecule has 3 heteroatoms. The van der Waals surface area contributed by atoms with Gasteiger partial charge in [-0.1, -0.05) is 46.0 Å². The van der Waals surface area contributed by atoms with Gasteiger partial charge in [-0.15, -0.1) is 0 Å². The van der Waals surface area contributed by atoms with Crippen LogP contribution in [0.3, 0.4) is 0 Å². The fourth-order valence-corrected chi connectivity index (χ4v) is 3.08. The van der Waals surface area contributed by atoms with Gasteiger partial charge in [-0.3, -0.25) is 4.79 Å². The van der Waals surface area contributed by atoms with Crippen LogP contribution in [0.2, 0.25) is 0 Å². The summed E-state index contributed by atoms with van der Waals surface area (Å²) in [5.41, 5.74) is 0. The molecule has 1 aliphatic rings. The lowest BCUT2D eigenvalue weighted by Crippen LogP contribution is -2.32. The maximum atomic E-state index is 12.0. The van der Waals surface area contributed by atoms with Crippen LogP contribution in [-0.4, -0.2) is 23.8 Å². The van der Waals surface area contributed by atoms with E-state index < -0.39 is 6.10 Å². The van der Waals surface area contributed by atoms with E-state index in [2.05, 4.69) is 6.92 Å². The van der Waals surface area contributed by atoms with E-state index in [0.29, 0.717) is 18.9 Å². The third kappa shape index (κ3) is 5.52. The van der Waals surface area contributed by atoms with Crippen molar-refractivity contribution in [3.8, 4) is 0 Å². The van der Waals surface area contributed by atoms with Crippen LogP contribution in [0.5, 0.6) is 0 Å². The predicted molar refractivity (Wildman–Crippen MR) is 76.8 cm³/mol. The molecule has 0 spiro atoms. The molecule has 0 aromatic rings. The highest BCUT2D eigenvalue weighted by molar-refractivity contribution is 5.73. The number of aliphatic hydroxyl groups is 1. The first-order chi connectivity index (χ1) is 9.08. The third-order valence-electron chi connectivity index (χ3n) is 4.36. The molecule has 2 atom stereocenters. The fraction of sp³-hybridized carbons (Fsp3) is 0.938. The number of carbonyl (C=O) groups is 1. The van der Waals surface area contributed by atoms with E-state index in [-0.39, 0.29) is 11.9 Å². The van der Waals surface area contributed by atoms with Crippen molar-refractivity contribution in [2.24, 2.45) is 17.8 Å². The molecular formula is C16H30O3. The smallest absolute Gasteiger partial charge is 0.311 e. The van der Waals surface area contributed by atoms with Crippen LogP contribution < -0.4 is 0 Å². The number of rotatable bonds is 7. The van der Waals surface area contributed by atoms with E-state index in [0.717, 1.165) is 18.8 Å². The van der Waals surface area contributed by atoms with Gasteiger partial charge in [-0.25, -0.2) is 0 Å². The topological polar surface area (TPSA) is 46.5 Å². The molecule has 1 rings (SSSR count). The summed E-state index contributed by atoms with van der Waals surface area (Å²) in [5, 5.41) is 10.2.